The van der Waals surface area contributed by atoms with Crippen LogP contribution < -0.4 is 5.32 Å². The lowest BCUT2D eigenvalue weighted by Crippen LogP contribution is -2.60. The molecule has 5 aliphatic rings. The molecule has 4 bridgehead atoms. The molecule has 5 saturated carbocycles. The zero-order valence-corrected chi connectivity index (χ0v) is 15.3. The SMILES string of the molecule is O=C(Cn1c(C2CC2)nc2ccccc21)NC12CC3CC(CC(C3)C1)C2. The van der Waals surface area contributed by atoms with Crippen LogP contribution in [0.5, 0.6) is 0 Å². The van der Waals surface area contributed by atoms with E-state index >= 15 is 0 Å². The van der Waals surface area contributed by atoms with E-state index in [1.54, 1.807) is 0 Å². The van der Waals surface area contributed by atoms with Crippen molar-refractivity contribution in [3.63, 3.8) is 0 Å². The monoisotopic (exact) mass is 349 g/mol. The van der Waals surface area contributed by atoms with Crippen LogP contribution in [-0.4, -0.2) is 21.0 Å². The Hall–Kier alpha value is -1.84. The van der Waals surface area contributed by atoms with Crippen molar-refractivity contribution in [2.45, 2.75) is 69.4 Å². The largest absolute Gasteiger partial charge is 0.349 e. The molecule has 7 rings (SSSR count). The van der Waals surface area contributed by atoms with Gasteiger partial charge >= 0.3 is 0 Å². The molecule has 0 aliphatic heterocycles. The van der Waals surface area contributed by atoms with Crippen molar-refractivity contribution in [3.8, 4) is 0 Å². The Balaban J connectivity index is 1.27. The highest BCUT2D eigenvalue weighted by Gasteiger charge is 2.51. The molecule has 0 unspecified atom stereocenters. The van der Waals surface area contributed by atoms with Crippen molar-refractivity contribution >= 4 is 16.9 Å². The van der Waals surface area contributed by atoms with Gasteiger partial charge in [-0.25, -0.2) is 4.98 Å². The fraction of sp³-hybridized carbons (Fsp3) is 0.636. The first-order valence-corrected chi connectivity index (χ1v) is 10.4. The molecule has 26 heavy (non-hydrogen) atoms. The molecule has 136 valence electrons. The van der Waals surface area contributed by atoms with Crippen molar-refractivity contribution in [3.05, 3.63) is 30.1 Å². The first-order valence-electron chi connectivity index (χ1n) is 10.4. The van der Waals surface area contributed by atoms with E-state index in [0.717, 1.165) is 34.6 Å². The van der Waals surface area contributed by atoms with E-state index in [1.165, 1.54) is 51.4 Å². The second kappa shape index (κ2) is 5.34. The minimum absolute atomic E-state index is 0.0992. The first kappa shape index (κ1) is 15.2. The van der Waals surface area contributed by atoms with E-state index in [-0.39, 0.29) is 11.4 Å². The van der Waals surface area contributed by atoms with Gasteiger partial charge in [-0.3, -0.25) is 4.79 Å². The molecule has 5 fully saturated rings. The quantitative estimate of drug-likeness (QED) is 0.907. The molecule has 1 amide bonds. The number of hydrogen-bond donors (Lipinski definition) is 1. The fourth-order valence-corrected chi connectivity index (χ4v) is 6.66. The predicted octanol–water partition coefficient (Wildman–Crippen LogP) is 4.00. The molecule has 4 nitrogen and oxygen atoms in total. The van der Waals surface area contributed by atoms with Crippen LogP contribution >= 0.6 is 0 Å². The number of para-hydroxylation sites is 2. The minimum Gasteiger partial charge on any atom is -0.349 e. The Bertz CT molecular complexity index is 843. The third kappa shape index (κ3) is 2.41. The van der Waals surface area contributed by atoms with Gasteiger partial charge < -0.3 is 9.88 Å². The molecule has 1 aromatic heterocycles. The number of fused-ring (bicyclic) bond motifs is 1. The van der Waals surface area contributed by atoms with Gasteiger partial charge in [-0.05, 0) is 81.3 Å². The molecule has 1 heterocycles. The van der Waals surface area contributed by atoms with Crippen LogP contribution in [0.15, 0.2) is 24.3 Å². The van der Waals surface area contributed by atoms with Crippen molar-refractivity contribution in [2.75, 3.05) is 0 Å². The van der Waals surface area contributed by atoms with E-state index in [4.69, 9.17) is 4.98 Å². The van der Waals surface area contributed by atoms with Crippen LogP contribution in [-0.2, 0) is 11.3 Å². The fourth-order valence-electron chi connectivity index (χ4n) is 6.66. The van der Waals surface area contributed by atoms with Crippen LogP contribution in [0, 0.1) is 17.8 Å². The molecule has 4 heteroatoms. The van der Waals surface area contributed by atoms with Crippen LogP contribution in [0.3, 0.4) is 0 Å². The number of amides is 1. The molecule has 2 aromatic rings. The van der Waals surface area contributed by atoms with Crippen LogP contribution in [0.1, 0.15) is 63.1 Å². The Labute approximate surface area is 154 Å². The highest BCUT2D eigenvalue weighted by atomic mass is 16.2. The summed E-state index contributed by atoms with van der Waals surface area (Å²) in [5, 5.41) is 3.53. The molecule has 0 radical (unpaired) electrons. The highest BCUT2D eigenvalue weighted by Crippen LogP contribution is 2.55. The second-order valence-electron chi connectivity index (χ2n) is 9.57. The van der Waals surface area contributed by atoms with Gasteiger partial charge in [0.25, 0.3) is 0 Å². The van der Waals surface area contributed by atoms with E-state index in [0.29, 0.717) is 12.5 Å². The summed E-state index contributed by atoms with van der Waals surface area (Å²) in [6, 6.07) is 8.25. The van der Waals surface area contributed by atoms with Crippen molar-refractivity contribution in [1.29, 1.82) is 0 Å². The smallest absolute Gasteiger partial charge is 0.240 e. The Kier molecular flexibility index (Phi) is 3.13. The van der Waals surface area contributed by atoms with Gasteiger partial charge in [0.15, 0.2) is 0 Å². The number of nitrogens with one attached hydrogen (secondary N) is 1. The molecule has 0 atom stereocenters. The first-order chi connectivity index (χ1) is 12.7. The summed E-state index contributed by atoms with van der Waals surface area (Å²) in [5.41, 5.74) is 2.23. The number of aromatic nitrogens is 2. The lowest BCUT2D eigenvalue weighted by molar-refractivity contribution is -0.127. The van der Waals surface area contributed by atoms with Crippen LogP contribution in [0.25, 0.3) is 11.0 Å². The third-order valence-corrected chi connectivity index (χ3v) is 7.37. The Morgan fingerprint density at radius 3 is 2.38 bits per heavy atom. The second-order valence-corrected chi connectivity index (χ2v) is 9.57. The van der Waals surface area contributed by atoms with Crippen molar-refractivity contribution in [1.82, 2.24) is 14.9 Å². The summed E-state index contributed by atoms with van der Waals surface area (Å²) in [6.07, 6.45) is 10.3. The van der Waals surface area contributed by atoms with Gasteiger partial charge in [0.05, 0.1) is 11.0 Å². The Morgan fingerprint density at radius 1 is 1.08 bits per heavy atom. The summed E-state index contributed by atoms with van der Waals surface area (Å²) in [4.78, 5) is 17.9. The normalized spacial score (nSPS) is 35.2. The standard InChI is InChI=1S/C22H27N3O/c26-20(24-22-10-14-7-15(11-22)9-16(8-14)12-22)13-25-19-4-2-1-3-18(19)23-21(25)17-5-6-17/h1-4,14-17H,5-13H2,(H,24,26). The van der Waals surface area contributed by atoms with Crippen molar-refractivity contribution in [2.24, 2.45) is 17.8 Å². The van der Waals surface area contributed by atoms with Gasteiger partial charge in [-0.15, -0.1) is 0 Å². The summed E-state index contributed by atoms with van der Waals surface area (Å²) < 4.78 is 2.18. The maximum atomic E-state index is 13.1. The van der Waals surface area contributed by atoms with E-state index in [9.17, 15) is 4.79 Å². The molecule has 0 spiro atoms. The van der Waals surface area contributed by atoms with Gasteiger partial charge in [0, 0.05) is 11.5 Å². The molecule has 0 saturated heterocycles. The van der Waals surface area contributed by atoms with Gasteiger partial charge in [0.1, 0.15) is 12.4 Å². The van der Waals surface area contributed by atoms with E-state index < -0.39 is 0 Å². The number of rotatable bonds is 4. The molecule has 5 aliphatic carbocycles. The number of carbonyl (C=O) groups is 1. The number of nitrogens with zero attached hydrogens (tertiary/aromatic N) is 2. The van der Waals surface area contributed by atoms with Gasteiger partial charge in [-0.2, -0.15) is 0 Å². The summed E-state index contributed by atoms with van der Waals surface area (Å²) in [7, 11) is 0. The molecular weight excluding hydrogens is 322 g/mol. The Morgan fingerprint density at radius 2 is 1.73 bits per heavy atom. The third-order valence-electron chi connectivity index (χ3n) is 7.37. The summed E-state index contributed by atoms with van der Waals surface area (Å²) in [5.74, 6) is 4.44. The zero-order chi connectivity index (χ0) is 17.3. The maximum Gasteiger partial charge on any atom is 0.240 e. The lowest BCUT2D eigenvalue weighted by Gasteiger charge is -2.56. The van der Waals surface area contributed by atoms with Gasteiger partial charge in [0.2, 0.25) is 5.91 Å². The van der Waals surface area contributed by atoms with Crippen LogP contribution in [0.2, 0.25) is 0 Å². The lowest BCUT2D eigenvalue weighted by atomic mass is 9.53. The highest BCUT2D eigenvalue weighted by molar-refractivity contribution is 5.81. The summed E-state index contributed by atoms with van der Waals surface area (Å²) >= 11 is 0. The average molecular weight is 349 g/mol. The molecule has 1 aromatic carbocycles. The van der Waals surface area contributed by atoms with Gasteiger partial charge in [-0.1, -0.05) is 12.1 Å². The maximum absolute atomic E-state index is 13.1. The average Bonchev–Trinajstić information content (AvgIpc) is 3.36. The molecule has 1 N–H and O–H groups in total. The number of hydrogen-bond acceptors (Lipinski definition) is 2. The van der Waals surface area contributed by atoms with E-state index in [1.807, 2.05) is 12.1 Å². The zero-order valence-electron chi connectivity index (χ0n) is 15.3. The van der Waals surface area contributed by atoms with E-state index in [2.05, 4.69) is 22.0 Å². The summed E-state index contributed by atoms with van der Waals surface area (Å²) in [6.45, 7) is 0.425. The predicted molar refractivity (Wildman–Crippen MR) is 101 cm³/mol. The van der Waals surface area contributed by atoms with Crippen molar-refractivity contribution < 1.29 is 4.79 Å². The number of imidazole rings is 1. The number of benzene rings is 1. The number of carbonyl (C=O) groups excluding carboxylic acids is 1. The molecular formula is C22H27N3O. The minimum atomic E-state index is 0.0992. The van der Waals surface area contributed by atoms with Crippen LogP contribution in [0.4, 0.5) is 0 Å². The topological polar surface area (TPSA) is 46.9 Å².